The third kappa shape index (κ3) is 2.84. The van der Waals surface area contributed by atoms with Gasteiger partial charge in [0.2, 0.25) is 0 Å². The maximum Gasteiger partial charge on any atom is 0.0724 e. The van der Waals surface area contributed by atoms with Crippen LogP contribution in [0.2, 0.25) is 5.02 Å². The van der Waals surface area contributed by atoms with Gasteiger partial charge in [0.1, 0.15) is 0 Å². The molecule has 1 nitrogen and oxygen atoms in total. The fraction of sp³-hybridized carbons (Fsp3) is 0. The summed E-state index contributed by atoms with van der Waals surface area (Å²) in [5.41, 5.74) is 3.92. The van der Waals surface area contributed by atoms with Gasteiger partial charge in [0, 0.05) is 16.1 Å². The quantitative estimate of drug-likeness (QED) is 0.428. The van der Waals surface area contributed by atoms with Crippen molar-refractivity contribution >= 4 is 22.4 Å². The van der Waals surface area contributed by atoms with Crippen LogP contribution in [0.1, 0.15) is 0 Å². The second-order valence-electron chi connectivity index (χ2n) is 5.48. The van der Waals surface area contributed by atoms with Crippen molar-refractivity contribution in [1.29, 1.82) is 0 Å². The van der Waals surface area contributed by atoms with Crippen molar-refractivity contribution in [1.82, 2.24) is 4.98 Å². The number of pyridine rings is 1. The molecule has 4 rings (SSSR count). The molecule has 3 aromatic carbocycles. The van der Waals surface area contributed by atoms with Crippen LogP contribution in [-0.4, -0.2) is 4.98 Å². The minimum atomic E-state index is 0.696. The Bertz CT molecular complexity index is 977. The normalized spacial score (nSPS) is 10.8. The van der Waals surface area contributed by atoms with E-state index < -0.39 is 0 Å². The third-order valence-corrected chi connectivity index (χ3v) is 4.12. The van der Waals surface area contributed by atoms with Gasteiger partial charge < -0.3 is 0 Å². The van der Waals surface area contributed by atoms with Crippen molar-refractivity contribution in [2.75, 3.05) is 0 Å². The molecule has 2 heteroatoms. The Morgan fingerprint density at radius 1 is 0.565 bits per heavy atom. The van der Waals surface area contributed by atoms with E-state index in [2.05, 4.69) is 30.3 Å². The van der Waals surface area contributed by atoms with Gasteiger partial charge in [-0.1, -0.05) is 78.3 Å². The van der Waals surface area contributed by atoms with Crippen LogP contribution in [0.4, 0.5) is 0 Å². The molecule has 0 atom stereocenters. The Kier molecular flexibility index (Phi) is 3.57. The minimum Gasteiger partial charge on any atom is -0.248 e. The van der Waals surface area contributed by atoms with Crippen molar-refractivity contribution in [3.05, 3.63) is 90.0 Å². The molecule has 4 aromatic rings. The minimum absolute atomic E-state index is 0.696. The maximum absolute atomic E-state index is 6.33. The Hall–Kier alpha value is -2.64. The molecule has 110 valence electrons. The Morgan fingerprint density at radius 3 is 2.00 bits per heavy atom. The Balaban J connectivity index is 1.86. The van der Waals surface area contributed by atoms with Crippen LogP contribution in [0.25, 0.3) is 33.3 Å². The smallest absolute Gasteiger partial charge is 0.0724 e. The number of nitrogens with zero attached hydrogens (tertiary/aromatic N) is 1. The molecule has 0 amide bonds. The molecular formula is C21H14ClN. The first-order valence-corrected chi connectivity index (χ1v) is 7.89. The third-order valence-electron chi connectivity index (χ3n) is 3.90. The van der Waals surface area contributed by atoms with Gasteiger partial charge in [-0.3, -0.25) is 0 Å². The van der Waals surface area contributed by atoms with Crippen molar-refractivity contribution in [2.45, 2.75) is 0 Å². The van der Waals surface area contributed by atoms with Gasteiger partial charge in [0.05, 0.1) is 11.4 Å². The molecule has 0 fully saturated rings. The van der Waals surface area contributed by atoms with Crippen LogP contribution >= 0.6 is 11.6 Å². The van der Waals surface area contributed by atoms with E-state index in [9.17, 15) is 0 Å². The zero-order valence-electron chi connectivity index (χ0n) is 12.4. The van der Waals surface area contributed by atoms with Gasteiger partial charge >= 0.3 is 0 Å². The first-order chi connectivity index (χ1) is 11.3. The highest BCUT2D eigenvalue weighted by Crippen LogP contribution is 2.28. The van der Waals surface area contributed by atoms with Crippen LogP contribution < -0.4 is 0 Å². The van der Waals surface area contributed by atoms with E-state index in [1.54, 1.807) is 0 Å². The number of aromatic nitrogens is 1. The zero-order chi connectivity index (χ0) is 15.6. The average molecular weight is 316 g/mol. The van der Waals surface area contributed by atoms with E-state index >= 15 is 0 Å². The van der Waals surface area contributed by atoms with Gasteiger partial charge in [-0.2, -0.15) is 0 Å². The molecule has 0 saturated heterocycles. The summed E-state index contributed by atoms with van der Waals surface area (Å²) in [5.74, 6) is 0. The van der Waals surface area contributed by atoms with Crippen LogP contribution in [0, 0.1) is 0 Å². The summed E-state index contributed by atoms with van der Waals surface area (Å²) in [5, 5.41) is 3.12. The molecule has 0 unspecified atom stereocenters. The first kappa shape index (κ1) is 14.0. The van der Waals surface area contributed by atoms with Gasteiger partial charge in [0.25, 0.3) is 0 Å². The summed E-state index contributed by atoms with van der Waals surface area (Å²) in [7, 11) is 0. The molecule has 0 radical (unpaired) electrons. The first-order valence-electron chi connectivity index (χ1n) is 7.52. The van der Waals surface area contributed by atoms with Gasteiger partial charge in [-0.15, -0.1) is 0 Å². The monoisotopic (exact) mass is 315 g/mol. The summed E-state index contributed by atoms with van der Waals surface area (Å²) in [6.45, 7) is 0. The summed E-state index contributed by atoms with van der Waals surface area (Å²) in [6.07, 6.45) is 0. The molecule has 0 N–H and O–H groups in total. The molecule has 0 aliphatic carbocycles. The maximum atomic E-state index is 6.33. The van der Waals surface area contributed by atoms with E-state index in [0.717, 1.165) is 22.5 Å². The van der Waals surface area contributed by atoms with E-state index in [-0.39, 0.29) is 0 Å². The average Bonchev–Trinajstić information content (AvgIpc) is 2.61. The van der Waals surface area contributed by atoms with Crippen LogP contribution in [0.3, 0.4) is 0 Å². The molecule has 0 spiro atoms. The number of rotatable bonds is 2. The number of halogens is 1. The van der Waals surface area contributed by atoms with Crippen LogP contribution in [0.15, 0.2) is 84.9 Å². The molecule has 0 bridgehead atoms. The molecule has 0 saturated carbocycles. The van der Waals surface area contributed by atoms with E-state index in [1.165, 1.54) is 10.8 Å². The largest absolute Gasteiger partial charge is 0.248 e. The summed E-state index contributed by atoms with van der Waals surface area (Å²) in [6, 6.07) is 28.6. The Morgan fingerprint density at radius 2 is 1.22 bits per heavy atom. The van der Waals surface area contributed by atoms with Crippen molar-refractivity contribution in [3.63, 3.8) is 0 Å². The number of hydrogen-bond acceptors (Lipinski definition) is 1. The summed E-state index contributed by atoms with van der Waals surface area (Å²) >= 11 is 6.33. The standard InChI is InChI=1S/C21H14ClN/c22-19-13-20(16-7-2-1-3-8-16)23-21(14-19)18-11-10-15-6-4-5-9-17(15)12-18/h1-14H. The molecule has 0 aliphatic rings. The molecular weight excluding hydrogens is 302 g/mol. The Labute approximate surface area is 140 Å². The molecule has 0 aliphatic heterocycles. The van der Waals surface area contributed by atoms with E-state index in [0.29, 0.717) is 5.02 Å². The van der Waals surface area contributed by atoms with Gasteiger partial charge in [0.15, 0.2) is 0 Å². The lowest BCUT2D eigenvalue weighted by Gasteiger charge is -2.08. The molecule has 1 aromatic heterocycles. The summed E-state index contributed by atoms with van der Waals surface area (Å²) in [4.78, 5) is 4.80. The van der Waals surface area contributed by atoms with Crippen molar-refractivity contribution in [3.8, 4) is 22.5 Å². The van der Waals surface area contributed by atoms with Crippen LogP contribution in [-0.2, 0) is 0 Å². The van der Waals surface area contributed by atoms with Crippen molar-refractivity contribution < 1.29 is 0 Å². The lowest BCUT2D eigenvalue weighted by Crippen LogP contribution is -1.89. The lowest BCUT2D eigenvalue weighted by molar-refractivity contribution is 1.32. The number of hydrogen-bond donors (Lipinski definition) is 0. The SMILES string of the molecule is Clc1cc(-c2ccccc2)nc(-c2ccc3ccccc3c2)c1. The predicted molar refractivity (Wildman–Crippen MR) is 97.6 cm³/mol. The summed E-state index contributed by atoms with van der Waals surface area (Å²) < 4.78 is 0. The lowest BCUT2D eigenvalue weighted by atomic mass is 10.0. The van der Waals surface area contributed by atoms with E-state index in [1.807, 2.05) is 54.6 Å². The fourth-order valence-electron chi connectivity index (χ4n) is 2.75. The predicted octanol–water partition coefficient (Wildman–Crippen LogP) is 6.22. The zero-order valence-corrected chi connectivity index (χ0v) is 13.2. The highest BCUT2D eigenvalue weighted by atomic mass is 35.5. The number of benzene rings is 3. The topological polar surface area (TPSA) is 12.9 Å². The second-order valence-corrected chi connectivity index (χ2v) is 5.92. The highest BCUT2D eigenvalue weighted by molar-refractivity contribution is 6.31. The molecule has 23 heavy (non-hydrogen) atoms. The van der Waals surface area contributed by atoms with E-state index in [4.69, 9.17) is 16.6 Å². The van der Waals surface area contributed by atoms with Crippen molar-refractivity contribution in [2.24, 2.45) is 0 Å². The molecule has 1 heterocycles. The number of fused-ring (bicyclic) bond motifs is 1. The highest BCUT2D eigenvalue weighted by Gasteiger charge is 2.07. The van der Waals surface area contributed by atoms with Crippen LogP contribution in [0.5, 0.6) is 0 Å². The van der Waals surface area contributed by atoms with Gasteiger partial charge in [-0.25, -0.2) is 4.98 Å². The fourth-order valence-corrected chi connectivity index (χ4v) is 2.96. The second kappa shape index (κ2) is 5.86. The van der Waals surface area contributed by atoms with Gasteiger partial charge in [-0.05, 0) is 29.0 Å².